The summed E-state index contributed by atoms with van der Waals surface area (Å²) in [6.07, 6.45) is 4.01. The van der Waals surface area contributed by atoms with Crippen molar-refractivity contribution >= 4 is 21.6 Å². The number of nitrogens with one attached hydrogen (secondary N) is 2. The molecule has 2 N–H and O–H groups in total. The number of carbonyl (C=O) groups is 1. The molecule has 1 fully saturated rings. The van der Waals surface area contributed by atoms with Crippen LogP contribution >= 0.6 is 0 Å². The van der Waals surface area contributed by atoms with Crippen molar-refractivity contribution in [1.82, 2.24) is 15.2 Å². The lowest BCUT2D eigenvalue weighted by atomic mass is 10.0. The van der Waals surface area contributed by atoms with Gasteiger partial charge in [0.15, 0.2) is 0 Å². The first-order valence-electron chi connectivity index (χ1n) is 9.02. The molecule has 7 nitrogen and oxygen atoms in total. The average Bonchev–Trinajstić information content (AvgIpc) is 2.68. The van der Waals surface area contributed by atoms with Crippen molar-refractivity contribution in [1.29, 1.82) is 0 Å². The first-order chi connectivity index (χ1) is 13.0. The standard InChI is InChI=1S/C19H24N4O3S/c1-2-11-27(25,26)22-17-7-3-5-15(12-17)19(24)23-10-9-21-14-18(23)16-6-4-8-20-13-16/h3-8,12-13,18,21-22H,2,9-11,14H2,1H3. The molecule has 2 heterocycles. The fraction of sp³-hybridized carbons (Fsp3) is 0.368. The summed E-state index contributed by atoms with van der Waals surface area (Å²) in [7, 11) is -3.40. The number of benzene rings is 1. The van der Waals surface area contributed by atoms with E-state index in [9.17, 15) is 13.2 Å². The molecular formula is C19H24N4O3S. The summed E-state index contributed by atoms with van der Waals surface area (Å²) in [5.74, 6) is -0.0756. The molecule has 1 aromatic heterocycles. The quantitative estimate of drug-likeness (QED) is 0.790. The maximum atomic E-state index is 13.1. The fourth-order valence-corrected chi connectivity index (χ4v) is 4.32. The first kappa shape index (κ1) is 19.3. The van der Waals surface area contributed by atoms with Crippen LogP contribution in [0.4, 0.5) is 5.69 Å². The van der Waals surface area contributed by atoms with Crippen LogP contribution < -0.4 is 10.0 Å². The number of hydrogen-bond donors (Lipinski definition) is 2. The second-order valence-electron chi connectivity index (χ2n) is 6.51. The van der Waals surface area contributed by atoms with Gasteiger partial charge in [-0.2, -0.15) is 0 Å². The van der Waals surface area contributed by atoms with Crippen molar-refractivity contribution in [3.05, 3.63) is 59.9 Å². The van der Waals surface area contributed by atoms with Gasteiger partial charge in [-0.15, -0.1) is 0 Å². The summed E-state index contributed by atoms with van der Waals surface area (Å²) >= 11 is 0. The summed E-state index contributed by atoms with van der Waals surface area (Å²) in [6.45, 7) is 3.75. The monoisotopic (exact) mass is 388 g/mol. The number of carbonyl (C=O) groups excluding carboxylic acids is 1. The van der Waals surface area contributed by atoms with Gasteiger partial charge in [-0.1, -0.05) is 19.1 Å². The van der Waals surface area contributed by atoms with Gasteiger partial charge in [0.25, 0.3) is 5.91 Å². The molecule has 1 unspecified atom stereocenters. The molecule has 3 rings (SSSR count). The van der Waals surface area contributed by atoms with E-state index in [4.69, 9.17) is 0 Å². The highest BCUT2D eigenvalue weighted by molar-refractivity contribution is 7.92. The average molecular weight is 388 g/mol. The summed E-state index contributed by atoms with van der Waals surface area (Å²) in [5, 5.41) is 3.31. The molecule has 2 aromatic rings. The minimum Gasteiger partial charge on any atom is -0.329 e. The SMILES string of the molecule is CCCS(=O)(=O)Nc1cccc(C(=O)N2CCNCC2c2cccnc2)c1. The first-order valence-corrected chi connectivity index (χ1v) is 10.7. The minimum atomic E-state index is -3.40. The van der Waals surface area contributed by atoms with Gasteiger partial charge >= 0.3 is 0 Å². The molecular weight excluding hydrogens is 364 g/mol. The highest BCUT2D eigenvalue weighted by atomic mass is 32.2. The van der Waals surface area contributed by atoms with Crippen LogP contribution in [-0.2, 0) is 10.0 Å². The summed E-state index contributed by atoms with van der Waals surface area (Å²) in [6, 6.07) is 10.4. The maximum absolute atomic E-state index is 13.1. The second-order valence-corrected chi connectivity index (χ2v) is 8.35. The third kappa shape index (κ3) is 4.84. The highest BCUT2D eigenvalue weighted by Gasteiger charge is 2.29. The van der Waals surface area contributed by atoms with Gasteiger partial charge < -0.3 is 10.2 Å². The van der Waals surface area contributed by atoms with Crippen LogP contribution in [0.25, 0.3) is 0 Å². The molecule has 1 aliphatic rings. The number of rotatable bonds is 6. The molecule has 0 saturated carbocycles. The summed E-state index contributed by atoms with van der Waals surface area (Å²) < 4.78 is 26.5. The molecule has 0 bridgehead atoms. The van der Waals surface area contributed by atoms with E-state index in [1.54, 1.807) is 36.7 Å². The predicted octanol–water partition coefficient (Wildman–Crippen LogP) is 2.02. The van der Waals surface area contributed by atoms with Crippen molar-refractivity contribution in [2.75, 3.05) is 30.1 Å². The Morgan fingerprint density at radius 3 is 2.93 bits per heavy atom. The summed E-state index contributed by atoms with van der Waals surface area (Å²) in [4.78, 5) is 19.1. The van der Waals surface area contributed by atoms with Gasteiger partial charge in [0.05, 0.1) is 11.8 Å². The number of sulfonamides is 1. The fourth-order valence-electron chi connectivity index (χ4n) is 3.20. The van der Waals surface area contributed by atoms with E-state index >= 15 is 0 Å². The van der Waals surface area contributed by atoms with Crippen LogP contribution in [0.5, 0.6) is 0 Å². The number of aromatic nitrogens is 1. The van der Waals surface area contributed by atoms with Gasteiger partial charge in [-0.05, 0) is 36.2 Å². The lowest BCUT2D eigenvalue weighted by molar-refractivity contribution is 0.0634. The Bertz CT molecular complexity index is 887. The molecule has 1 atom stereocenters. The zero-order valence-electron chi connectivity index (χ0n) is 15.3. The molecule has 1 aliphatic heterocycles. The molecule has 0 radical (unpaired) electrons. The number of pyridine rings is 1. The largest absolute Gasteiger partial charge is 0.329 e. The Labute approximate surface area is 159 Å². The van der Waals surface area contributed by atoms with Crippen LogP contribution in [0.1, 0.15) is 35.3 Å². The van der Waals surface area contributed by atoms with E-state index in [1.165, 1.54) is 0 Å². The van der Waals surface area contributed by atoms with Crippen molar-refractivity contribution in [2.45, 2.75) is 19.4 Å². The van der Waals surface area contributed by atoms with Crippen molar-refractivity contribution < 1.29 is 13.2 Å². The molecule has 8 heteroatoms. The lowest BCUT2D eigenvalue weighted by Gasteiger charge is -2.36. The van der Waals surface area contributed by atoms with Crippen LogP contribution in [0.15, 0.2) is 48.8 Å². The Morgan fingerprint density at radius 1 is 1.33 bits per heavy atom. The smallest absolute Gasteiger partial charge is 0.254 e. The second kappa shape index (κ2) is 8.49. The molecule has 1 saturated heterocycles. The normalized spacial score (nSPS) is 17.5. The van der Waals surface area contributed by atoms with E-state index in [0.717, 1.165) is 5.56 Å². The van der Waals surface area contributed by atoms with E-state index in [0.29, 0.717) is 37.3 Å². The zero-order chi connectivity index (χ0) is 19.3. The number of anilines is 1. The van der Waals surface area contributed by atoms with Gasteiger partial charge in [0.1, 0.15) is 0 Å². The van der Waals surface area contributed by atoms with Crippen molar-refractivity contribution in [3.63, 3.8) is 0 Å². The van der Waals surface area contributed by atoms with Crippen LogP contribution in [-0.4, -0.2) is 49.6 Å². The molecule has 0 spiro atoms. The van der Waals surface area contributed by atoms with E-state index < -0.39 is 10.0 Å². The Morgan fingerprint density at radius 2 is 2.19 bits per heavy atom. The molecule has 1 amide bonds. The molecule has 27 heavy (non-hydrogen) atoms. The third-order valence-corrected chi connectivity index (χ3v) is 5.92. The Kier molecular flexibility index (Phi) is 6.08. The lowest BCUT2D eigenvalue weighted by Crippen LogP contribution is -2.48. The topological polar surface area (TPSA) is 91.4 Å². The summed E-state index contributed by atoms with van der Waals surface area (Å²) in [5.41, 5.74) is 1.84. The van der Waals surface area contributed by atoms with E-state index in [1.807, 2.05) is 24.0 Å². The van der Waals surface area contributed by atoms with Crippen LogP contribution in [0.2, 0.25) is 0 Å². The van der Waals surface area contributed by atoms with Crippen LogP contribution in [0.3, 0.4) is 0 Å². The van der Waals surface area contributed by atoms with Gasteiger partial charge in [-0.3, -0.25) is 14.5 Å². The van der Waals surface area contributed by atoms with Crippen molar-refractivity contribution in [3.8, 4) is 0 Å². The van der Waals surface area contributed by atoms with Gasteiger partial charge in [0, 0.05) is 43.3 Å². The predicted molar refractivity (Wildman–Crippen MR) is 105 cm³/mol. The maximum Gasteiger partial charge on any atom is 0.254 e. The highest BCUT2D eigenvalue weighted by Crippen LogP contribution is 2.24. The number of hydrogen-bond acceptors (Lipinski definition) is 5. The number of nitrogens with zero attached hydrogens (tertiary/aromatic N) is 2. The van der Waals surface area contributed by atoms with E-state index in [-0.39, 0.29) is 17.7 Å². The third-order valence-electron chi connectivity index (χ3n) is 4.43. The zero-order valence-corrected chi connectivity index (χ0v) is 16.1. The van der Waals surface area contributed by atoms with Crippen molar-refractivity contribution in [2.24, 2.45) is 0 Å². The molecule has 0 aliphatic carbocycles. The van der Waals surface area contributed by atoms with Crippen LogP contribution in [0, 0.1) is 0 Å². The minimum absolute atomic E-state index is 0.0477. The molecule has 1 aromatic carbocycles. The van der Waals surface area contributed by atoms with Gasteiger partial charge in [-0.25, -0.2) is 8.42 Å². The van der Waals surface area contributed by atoms with E-state index in [2.05, 4.69) is 15.0 Å². The number of amides is 1. The Balaban J connectivity index is 1.83. The molecule has 144 valence electrons. The Hall–Kier alpha value is -2.45. The van der Waals surface area contributed by atoms with Gasteiger partial charge in [0.2, 0.25) is 10.0 Å². The number of piperazine rings is 1.